The van der Waals surface area contributed by atoms with Crippen LogP contribution in [0.3, 0.4) is 0 Å². The van der Waals surface area contributed by atoms with Crippen molar-refractivity contribution in [3.05, 3.63) is 0 Å². The molecule has 4 unspecified atom stereocenters. The number of carbonyl (C=O) groups is 1. The zero-order valence-electron chi connectivity index (χ0n) is 10.9. The van der Waals surface area contributed by atoms with Crippen molar-refractivity contribution in [1.29, 1.82) is 0 Å². The average Bonchev–Trinajstić information content (AvgIpc) is 2.94. The van der Waals surface area contributed by atoms with Gasteiger partial charge in [-0.3, -0.25) is 9.69 Å². The van der Waals surface area contributed by atoms with Gasteiger partial charge in [-0.1, -0.05) is 6.92 Å². The number of aliphatic hydroxyl groups is 1. The van der Waals surface area contributed by atoms with Gasteiger partial charge in [0.25, 0.3) is 0 Å². The summed E-state index contributed by atoms with van der Waals surface area (Å²) in [5.41, 5.74) is 0. The molecule has 5 heteroatoms. The van der Waals surface area contributed by atoms with Crippen molar-refractivity contribution in [3.63, 3.8) is 0 Å². The van der Waals surface area contributed by atoms with Gasteiger partial charge in [-0.15, -0.1) is 0 Å². The van der Waals surface area contributed by atoms with Gasteiger partial charge in [0.05, 0.1) is 25.2 Å². The fraction of sp³-hybridized carbons (Fsp3) is 0.923. The van der Waals surface area contributed by atoms with Crippen molar-refractivity contribution >= 4 is 5.97 Å². The Bertz CT molecular complexity index is 297. The van der Waals surface area contributed by atoms with Gasteiger partial charge >= 0.3 is 5.97 Å². The molecule has 1 saturated carbocycles. The number of hydrogen-bond acceptors (Lipinski definition) is 4. The third kappa shape index (κ3) is 2.68. The largest absolute Gasteiger partial charge is 0.481 e. The van der Waals surface area contributed by atoms with Gasteiger partial charge < -0.3 is 14.9 Å². The number of rotatable bonds is 5. The molecule has 0 radical (unpaired) electrons. The third-order valence-electron chi connectivity index (χ3n) is 4.15. The Morgan fingerprint density at radius 2 is 2.11 bits per heavy atom. The van der Waals surface area contributed by atoms with Crippen molar-refractivity contribution in [1.82, 2.24) is 4.90 Å². The first-order valence-corrected chi connectivity index (χ1v) is 6.89. The summed E-state index contributed by atoms with van der Waals surface area (Å²) >= 11 is 0. The van der Waals surface area contributed by atoms with Crippen molar-refractivity contribution in [2.45, 2.75) is 50.8 Å². The summed E-state index contributed by atoms with van der Waals surface area (Å²) < 4.78 is 5.35. The number of nitrogens with zero attached hydrogens (tertiary/aromatic N) is 1. The zero-order valence-corrected chi connectivity index (χ0v) is 10.9. The normalized spacial score (nSPS) is 36.4. The number of hydrogen-bond donors (Lipinski definition) is 2. The van der Waals surface area contributed by atoms with Crippen molar-refractivity contribution in [3.8, 4) is 0 Å². The Morgan fingerprint density at radius 1 is 1.33 bits per heavy atom. The maximum Gasteiger partial charge on any atom is 0.310 e. The molecule has 1 saturated heterocycles. The predicted molar refractivity (Wildman–Crippen MR) is 66.4 cm³/mol. The van der Waals surface area contributed by atoms with Gasteiger partial charge in [0, 0.05) is 12.1 Å². The van der Waals surface area contributed by atoms with E-state index in [1.54, 1.807) is 0 Å². The molecule has 1 aliphatic carbocycles. The van der Waals surface area contributed by atoms with Gasteiger partial charge in [0.15, 0.2) is 0 Å². The van der Waals surface area contributed by atoms with E-state index in [1.165, 1.54) is 0 Å². The first-order chi connectivity index (χ1) is 8.65. The summed E-state index contributed by atoms with van der Waals surface area (Å²) in [4.78, 5) is 13.4. The highest BCUT2D eigenvalue weighted by Gasteiger charge is 2.42. The zero-order chi connectivity index (χ0) is 13.1. The van der Waals surface area contributed by atoms with E-state index >= 15 is 0 Å². The minimum absolute atomic E-state index is 0.0831. The molecule has 0 aromatic heterocycles. The summed E-state index contributed by atoms with van der Waals surface area (Å²) in [5.74, 6) is -1.24. The molecular weight excluding hydrogens is 234 g/mol. The van der Waals surface area contributed by atoms with Crippen LogP contribution in [0.5, 0.6) is 0 Å². The van der Waals surface area contributed by atoms with E-state index in [9.17, 15) is 15.0 Å². The molecule has 2 fully saturated rings. The second kappa shape index (κ2) is 5.99. The van der Waals surface area contributed by atoms with Crippen LogP contribution in [0.4, 0.5) is 0 Å². The van der Waals surface area contributed by atoms with Crippen LogP contribution in [-0.2, 0) is 9.53 Å². The highest BCUT2D eigenvalue weighted by molar-refractivity contribution is 5.71. The van der Waals surface area contributed by atoms with Crippen molar-refractivity contribution in [2.75, 3.05) is 19.8 Å². The standard InChI is InChI=1S/C13H23NO4/c1-2-6-14(10-4-3-5-12(10)15)11-8-18-7-9(11)13(16)17/h9-12,15H,2-8H2,1H3,(H,16,17). The van der Waals surface area contributed by atoms with Crippen LogP contribution in [0.1, 0.15) is 32.6 Å². The molecule has 18 heavy (non-hydrogen) atoms. The molecule has 0 aromatic rings. The van der Waals surface area contributed by atoms with E-state index in [0.717, 1.165) is 32.2 Å². The van der Waals surface area contributed by atoms with E-state index in [1.807, 2.05) is 0 Å². The fourth-order valence-electron chi connectivity index (χ4n) is 3.25. The first-order valence-electron chi connectivity index (χ1n) is 6.89. The highest BCUT2D eigenvalue weighted by Crippen LogP contribution is 2.30. The molecule has 0 aromatic carbocycles. The molecule has 104 valence electrons. The Kier molecular flexibility index (Phi) is 4.59. The predicted octanol–water partition coefficient (Wildman–Crippen LogP) is 0.711. The maximum atomic E-state index is 11.2. The smallest absolute Gasteiger partial charge is 0.310 e. The molecule has 0 amide bonds. The maximum absolute atomic E-state index is 11.2. The Hall–Kier alpha value is -0.650. The van der Waals surface area contributed by atoms with Crippen LogP contribution in [0.15, 0.2) is 0 Å². The molecule has 2 rings (SSSR count). The molecule has 2 aliphatic rings. The lowest BCUT2D eigenvalue weighted by molar-refractivity contribution is -0.143. The number of aliphatic carboxylic acids is 1. The average molecular weight is 257 g/mol. The van der Waals surface area contributed by atoms with Crippen molar-refractivity contribution < 1.29 is 19.7 Å². The SMILES string of the molecule is CCCN(C1CCCC1O)C1COCC1C(=O)O. The van der Waals surface area contributed by atoms with Gasteiger partial charge in [-0.2, -0.15) is 0 Å². The van der Waals surface area contributed by atoms with Gasteiger partial charge in [-0.05, 0) is 32.2 Å². The molecule has 0 bridgehead atoms. The summed E-state index contributed by atoms with van der Waals surface area (Å²) in [6, 6.07) is 0.0266. The van der Waals surface area contributed by atoms with E-state index in [4.69, 9.17) is 4.74 Å². The van der Waals surface area contributed by atoms with E-state index < -0.39 is 11.9 Å². The van der Waals surface area contributed by atoms with Gasteiger partial charge in [0.1, 0.15) is 0 Å². The number of carboxylic acids is 1. The molecule has 0 spiro atoms. The lowest BCUT2D eigenvalue weighted by Gasteiger charge is -2.36. The van der Waals surface area contributed by atoms with E-state index in [-0.39, 0.29) is 18.2 Å². The second-order valence-electron chi connectivity index (χ2n) is 5.35. The van der Waals surface area contributed by atoms with E-state index in [0.29, 0.717) is 13.2 Å². The monoisotopic (exact) mass is 257 g/mol. The molecule has 5 nitrogen and oxygen atoms in total. The fourth-order valence-corrected chi connectivity index (χ4v) is 3.25. The van der Waals surface area contributed by atoms with Crippen LogP contribution >= 0.6 is 0 Å². The minimum atomic E-state index is -0.786. The van der Waals surface area contributed by atoms with Crippen LogP contribution in [0, 0.1) is 5.92 Å². The Balaban J connectivity index is 2.11. The summed E-state index contributed by atoms with van der Waals surface area (Å²) in [6.45, 7) is 3.68. The van der Waals surface area contributed by atoms with Gasteiger partial charge in [-0.25, -0.2) is 0 Å². The minimum Gasteiger partial charge on any atom is -0.481 e. The van der Waals surface area contributed by atoms with E-state index in [2.05, 4.69) is 11.8 Å². The molecular formula is C13H23NO4. The summed E-state index contributed by atoms with van der Waals surface area (Å²) in [7, 11) is 0. The lowest BCUT2D eigenvalue weighted by Crippen LogP contribution is -2.51. The van der Waals surface area contributed by atoms with Crippen LogP contribution in [0.25, 0.3) is 0 Å². The van der Waals surface area contributed by atoms with Gasteiger partial charge in [0.2, 0.25) is 0 Å². The van der Waals surface area contributed by atoms with Crippen LogP contribution in [0.2, 0.25) is 0 Å². The third-order valence-corrected chi connectivity index (χ3v) is 4.15. The lowest BCUT2D eigenvalue weighted by atomic mass is 9.99. The molecule has 4 atom stereocenters. The number of carboxylic acid groups (broad SMARTS) is 1. The first kappa shape index (κ1) is 13.8. The highest BCUT2D eigenvalue weighted by atomic mass is 16.5. The Morgan fingerprint density at radius 3 is 2.67 bits per heavy atom. The van der Waals surface area contributed by atoms with Crippen LogP contribution in [-0.4, -0.2) is 59.0 Å². The molecule has 1 heterocycles. The second-order valence-corrected chi connectivity index (χ2v) is 5.35. The summed E-state index contributed by atoms with van der Waals surface area (Å²) in [6.07, 6.45) is 3.47. The number of ether oxygens (including phenoxy) is 1. The quantitative estimate of drug-likeness (QED) is 0.759. The molecule has 1 aliphatic heterocycles. The topological polar surface area (TPSA) is 70.0 Å². The van der Waals surface area contributed by atoms with Crippen LogP contribution < -0.4 is 0 Å². The molecule has 2 N–H and O–H groups in total. The Labute approximate surface area is 108 Å². The number of aliphatic hydroxyl groups excluding tert-OH is 1. The summed E-state index contributed by atoms with van der Waals surface area (Å²) in [5, 5.41) is 19.3. The van der Waals surface area contributed by atoms with Crippen molar-refractivity contribution in [2.24, 2.45) is 5.92 Å².